The number of hydrogen-bond acceptors (Lipinski definition) is 3. The number of fused-ring (bicyclic) bond motifs is 1. The molecule has 2 aliphatic rings. The molecule has 0 aromatic rings. The number of nitrogens with one attached hydrogen (secondary N) is 1. The van der Waals surface area contributed by atoms with Crippen molar-refractivity contribution < 1.29 is 14.3 Å². The quantitative estimate of drug-likeness (QED) is 0.570. The van der Waals surface area contributed by atoms with Crippen LogP contribution in [-0.2, 0) is 14.3 Å². The van der Waals surface area contributed by atoms with Crippen LogP contribution in [0.15, 0.2) is 35.6 Å². The topological polar surface area (TPSA) is 55.4 Å². The maximum atomic E-state index is 11.2. The molecule has 4 heteroatoms. The van der Waals surface area contributed by atoms with Crippen LogP contribution in [-0.4, -0.2) is 18.5 Å². The Morgan fingerprint density at radius 1 is 1.50 bits per heavy atom. The molecule has 2 rings (SSSR count). The molecule has 16 heavy (non-hydrogen) atoms. The monoisotopic (exact) mass is 219 g/mol. The first-order valence-electron chi connectivity index (χ1n) is 5.27. The Morgan fingerprint density at radius 3 is 3.00 bits per heavy atom. The van der Waals surface area contributed by atoms with Gasteiger partial charge in [0.2, 0.25) is 6.41 Å². The van der Waals surface area contributed by atoms with Gasteiger partial charge in [0.1, 0.15) is 6.10 Å². The van der Waals surface area contributed by atoms with Crippen LogP contribution in [0, 0.1) is 5.92 Å². The van der Waals surface area contributed by atoms with E-state index in [1.54, 1.807) is 6.08 Å². The van der Waals surface area contributed by atoms with Gasteiger partial charge in [-0.1, -0.05) is 13.0 Å². The molecule has 1 amide bonds. The fourth-order valence-corrected chi connectivity index (χ4v) is 1.99. The molecule has 1 heterocycles. The Balaban J connectivity index is 2.30. The summed E-state index contributed by atoms with van der Waals surface area (Å²) in [5.41, 5.74) is 1.69. The number of allylic oxidation sites excluding steroid dienone is 1. The second kappa shape index (κ2) is 4.35. The van der Waals surface area contributed by atoms with Gasteiger partial charge in [-0.05, 0) is 24.1 Å². The van der Waals surface area contributed by atoms with Crippen LogP contribution in [0.5, 0.6) is 0 Å². The average molecular weight is 219 g/mol. The van der Waals surface area contributed by atoms with Crippen molar-refractivity contribution >= 4 is 12.4 Å². The number of rotatable bonds is 3. The molecule has 4 nitrogen and oxygen atoms in total. The lowest BCUT2D eigenvalue weighted by Crippen LogP contribution is -2.32. The maximum absolute atomic E-state index is 11.2. The molecule has 0 aromatic heterocycles. The minimum absolute atomic E-state index is 0.122. The summed E-state index contributed by atoms with van der Waals surface area (Å²) in [7, 11) is 0. The Morgan fingerprint density at radius 2 is 2.31 bits per heavy atom. The second-order valence-electron chi connectivity index (χ2n) is 3.79. The van der Waals surface area contributed by atoms with E-state index in [-0.39, 0.29) is 18.0 Å². The van der Waals surface area contributed by atoms with E-state index < -0.39 is 0 Å². The molecule has 0 radical (unpaired) electrons. The van der Waals surface area contributed by atoms with E-state index in [4.69, 9.17) is 4.74 Å². The van der Waals surface area contributed by atoms with Gasteiger partial charge in [0.15, 0.2) is 0 Å². The molecule has 0 saturated heterocycles. The Labute approximate surface area is 93.7 Å². The van der Waals surface area contributed by atoms with E-state index in [1.165, 1.54) is 6.08 Å². The molecule has 1 aliphatic carbocycles. The van der Waals surface area contributed by atoms with Gasteiger partial charge in [0.05, 0.1) is 0 Å². The molecular formula is C12H13NO3. The van der Waals surface area contributed by atoms with Crippen molar-refractivity contribution in [3.63, 3.8) is 0 Å². The summed E-state index contributed by atoms with van der Waals surface area (Å²) < 4.78 is 5.27. The SMILES string of the molecule is CCC1C=C(NC=O)C=C2C=CC(=O)OC21. The van der Waals surface area contributed by atoms with Crippen LogP contribution < -0.4 is 5.32 Å². The molecule has 2 unspecified atom stereocenters. The van der Waals surface area contributed by atoms with E-state index in [0.29, 0.717) is 6.41 Å². The van der Waals surface area contributed by atoms with Crippen LogP contribution in [0.2, 0.25) is 0 Å². The zero-order valence-electron chi connectivity index (χ0n) is 8.97. The molecular weight excluding hydrogens is 206 g/mol. The van der Waals surface area contributed by atoms with Gasteiger partial charge >= 0.3 is 5.97 Å². The lowest BCUT2D eigenvalue weighted by Gasteiger charge is -2.30. The van der Waals surface area contributed by atoms with E-state index >= 15 is 0 Å². The Hall–Kier alpha value is -1.84. The second-order valence-corrected chi connectivity index (χ2v) is 3.79. The molecule has 0 saturated carbocycles. The predicted molar refractivity (Wildman–Crippen MR) is 58.2 cm³/mol. The zero-order valence-corrected chi connectivity index (χ0v) is 8.97. The summed E-state index contributed by atoms with van der Waals surface area (Å²) in [6.07, 6.45) is 8.20. The molecule has 1 N–H and O–H groups in total. The summed E-state index contributed by atoms with van der Waals surface area (Å²) in [4.78, 5) is 21.6. The van der Waals surface area contributed by atoms with Gasteiger partial charge in [-0.15, -0.1) is 0 Å². The molecule has 84 valence electrons. The van der Waals surface area contributed by atoms with Crippen LogP contribution in [0.3, 0.4) is 0 Å². The minimum Gasteiger partial charge on any atom is -0.454 e. The average Bonchev–Trinajstić information content (AvgIpc) is 2.29. The van der Waals surface area contributed by atoms with Crippen molar-refractivity contribution in [2.45, 2.75) is 19.4 Å². The highest BCUT2D eigenvalue weighted by molar-refractivity contribution is 5.84. The first-order valence-corrected chi connectivity index (χ1v) is 5.27. The highest BCUT2D eigenvalue weighted by Crippen LogP contribution is 2.30. The normalized spacial score (nSPS) is 27.4. The van der Waals surface area contributed by atoms with Crippen LogP contribution in [0.25, 0.3) is 0 Å². The van der Waals surface area contributed by atoms with Crippen molar-refractivity contribution in [1.82, 2.24) is 5.32 Å². The van der Waals surface area contributed by atoms with Gasteiger partial charge in [-0.2, -0.15) is 0 Å². The van der Waals surface area contributed by atoms with Crippen molar-refractivity contribution in [2.75, 3.05) is 0 Å². The lowest BCUT2D eigenvalue weighted by molar-refractivity contribution is -0.143. The summed E-state index contributed by atoms with van der Waals surface area (Å²) in [6.45, 7) is 2.02. The molecule has 1 aliphatic heterocycles. The van der Waals surface area contributed by atoms with Crippen molar-refractivity contribution in [3.8, 4) is 0 Å². The first kappa shape index (κ1) is 10.7. The maximum Gasteiger partial charge on any atom is 0.331 e. The third-order valence-corrected chi connectivity index (χ3v) is 2.79. The van der Waals surface area contributed by atoms with Crippen molar-refractivity contribution in [2.24, 2.45) is 5.92 Å². The van der Waals surface area contributed by atoms with Gasteiger partial charge in [-0.3, -0.25) is 4.79 Å². The fourth-order valence-electron chi connectivity index (χ4n) is 1.99. The van der Waals surface area contributed by atoms with Crippen LogP contribution in [0.1, 0.15) is 13.3 Å². The molecule has 0 fully saturated rings. The third-order valence-electron chi connectivity index (χ3n) is 2.79. The molecule has 0 spiro atoms. The summed E-state index contributed by atoms with van der Waals surface area (Å²) >= 11 is 0. The number of amides is 1. The van der Waals surface area contributed by atoms with Crippen molar-refractivity contribution in [1.29, 1.82) is 0 Å². The molecule has 0 bridgehead atoms. The molecule has 2 atom stereocenters. The van der Waals surface area contributed by atoms with E-state index in [1.807, 2.05) is 19.1 Å². The fraction of sp³-hybridized carbons (Fsp3) is 0.333. The third kappa shape index (κ3) is 1.91. The van der Waals surface area contributed by atoms with Crippen LogP contribution >= 0.6 is 0 Å². The number of ether oxygens (including phenoxy) is 1. The van der Waals surface area contributed by atoms with Gasteiger partial charge < -0.3 is 10.1 Å². The van der Waals surface area contributed by atoms with E-state index in [0.717, 1.165) is 17.7 Å². The zero-order chi connectivity index (χ0) is 11.5. The largest absolute Gasteiger partial charge is 0.454 e. The highest BCUT2D eigenvalue weighted by Gasteiger charge is 2.30. The van der Waals surface area contributed by atoms with Crippen molar-refractivity contribution in [3.05, 3.63) is 35.6 Å². The van der Waals surface area contributed by atoms with Crippen LogP contribution in [0.4, 0.5) is 0 Å². The standard InChI is InChI=1S/C12H13NO3/c1-2-8-5-10(13-7-14)6-9-3-4-11(15)16-12(8)9/h3-8,12H,2H2,1H3,(H,13,14). The highest BCUT2D eigenvalue weighted by atomic mass is 16.5. The minimum atomic E-state index is -0.305. The summed E-state index contributed by atoms with van der Waals surface area (Å²) in [6, 6.07) is 0. The number of esters is 1. The van der Waals surface area contributed by atoms with Gasteiger partial charge in [0, 0.05) is 17.7 Å². The van der Waals surface area contributed by atoms with Gasteiger partial charge in [0.25, 0.3) is 0 Å². The van der Waals surface area contributed by atoms with Gasteiger partial charge in [-0.25, -0.2) is 4.79 Å². The summed E-state index contributed by atoms with van der Waals surface area (Å²) in [5.74, 6) is -0.183. The lowest BCUT2D eigenvalue weighted by atomic mass is 9.86. The smallest absolute Gasteiger partial charge is 0.331 e. The Kier molecular flexibility index (Phi) is 2.90. The number of carbonyl (C=O) groups excluding carboxylic acids is 2. The number of hydrogen-bond donors (Lipinski definition) is 1. The number of carbonyl (C=O) groups is 2. The first-order chi connectivity index (χ1) is 7.74. The summed E-state index contributed by atoms with van der Waals surface area (Å²) in [5, 5.41) is 2.62. The Bertz CT molecular complexity index is 406. The predicted octanol–water partition coefficient (Wildman–Crippen LogP) is 1.06. The van der Waals surface area contributed by atoms with E-state index in [9.17, 15) is 9.59 Å². The molecule has 0 aromatic carbocycles. The van der Waals surface area contributed by atoms with E-state index in [2.05, 4.69) is 5.32 Å².